The van der Waals surface area contributed by atoms with Crippen molar-refractivity contribution in [2.24, 2.45) is 11.8 Å². The number of carbonyl (C=O) groups excluding carboxylic acids is 1. The summed E-state index contributed by atoms with van der Waals surface area (Å²) < 4.78 is 26.0. The minimum Gasteiger partial charge on any atom is -0.485 e. The fourth-order valence-corrected chi connectivity index (χ4v) is 5.27. The molecule has 186 valence electrons. The van der Waals surface area contributed by atoms with Gasteiger partial charge in [0.2, 0.25) is 5.88 Å². The summed E-state index contributed by atoms with van der Waals surface area (Å²) in [6.07, 6.45) is 5.16. The first-order chi connectivity index (χ1) is 17.4. The molecular formula is C29H28FNO5. The Morgan fingerprint density at radius 1 is 1.17 bits per heavy atom. The first-order valence-corrected chi connectivity index (χ1v) is 12.2. The predicted octanol–water partition coefficient (Wildman–Crippen LogP) is 5.99. The lowest BCUT2D eigenvalue weighted by atomic mass is 9.82. The Morgan fingerprint density at radius 3 is 2.67 bits per heavy atom. The highest BCUT2D eigenvalue weighted by molar-refractivity contribution is 5.88. The van der Waals surface area contributed by atoms with Crippen LogP contribution in [0, 0.1) is 17.7 Å². The second-order valence-electron chi connectivity index (χ2n) is 9.67. The Morgan fingerprint density at radius 2 is 1.97 bits per heavy atom. The van der Waals surface area contributed by atoms with Crippen molar-refractivity contribution in [1.29, 1.82) is 0 Å². The topological polar surface area (TPSA) is 85.7 Å². The number of rotatable bonds is 8. The molecule has 3 aromatic rings. The number of hydrogen-bond donors (Lipinski definition) is 1. The zero-order chi connectivity index (χ0) is 25.4. The Labute approximate surface area is 209 Å². The van der Waals surface area contributed by atoms with Gasteiger partial charge >= 0.3 is 5.97 Å². The first-order valence-electron chi connectivity index (χ1n) is 12.2. The molecule has 0 radical (unpaired) electrons. The van der Waals surface area contributed by atoms with Crippen molar-refractivity contribution in [1.82, 2.24) is 4.98 Å². The molecule has 0 bridgehead atoms. The maximum absolute atomic E-state index is 14.5. The number of halogens is 1. The van der Waals surface area contributed by atoms with Gasteiger partial charge in [-0.1, -0.05) is 31.2 Å². The van der Waals surface area contributed by atoms with Gasteiger partial charge in [-0.25, -0.2) is 9.37 Å². The van der Waals surface area contributed by atoms with E-state index < -0.39 is 17.7 Å². The number of carbonyl (C=O) groups is 2. The summed E-state index contributed by atoms with van der Waals surface area (Å²) >= 11 is 0. The number of hydrogen-bond acceptors (Lipinski definition) is 5. The highest BCUT2D eigenvalue weighted by atomic mass is 19.1. The van der Waals surface area contributed by atoms with E-state index in [0.717, 1.165) is 54.3 Å². The predicted molar refractivity (Wildman–Crippen MR) is 132 cm³/mol. The normalized spacial score (nSPS) is 18.5. The van der Waals surface area contributed by atoms with Crippen molar-refractivity contribution in [3.63, 3.8) is 0 Å². The van der Waals surface area contributed by atoms with Gasteiger partial charge < -0.3 is 14.6 Å². The standard InChI is InChI=1S/C29H28FNO5/c1-16(29(33)34)28(18-4-5-18)20-6-3-17-8-10-25(36-26(17)12-20)19-7-9-22(21(11-19)15-32)23-13-27(35-2)31-14-24(23)30/h3,6-7,9,11-16,18,25,28H,4-5,8,10H2,1-2H3,(H,33,34)/t16-,25-,28-/m0/s1. The fourth-order valence-electron chi connectivity index (χ4n) is 5.27. The van der Waals surface area contributed by atoms with Gasteiger partial charge in [0.05, 0.1) is 19.2 Å². The maximum Gasteiger partial charge on any atom is 0.306 e. The molecule has 1 N–H and O–H groups in total. The van der Waals surface area contributed by atoms with Crippen molar-refractivity contribution < 1.29 is 28.6 Å². The molecule has 2 heterocycles. The highest BCUT2D eigenvalue weighted by Gasteiger charge is 2.39. The number of aliphatic carboxylic acids is 1. The average Bonchev–Trinajstić information content (AvgIpc) is 3.73. The average molecular weight is 490 g/mol. The molecule has 6 nitrogen and oxygen atoms in total. The lowest BCUT2D eigenvalue weighted by molar-refractivity contribution is -0.142. The zero-order valence-corrected chi connectivity index (χ0v) is 20.2. The summed E-state index contributed by atoms with van der Waals surface area (Å²) in [6.45, 7) is 1.78. The van der Waals surface area contributed by atoms with E-state index in [2.05, 4.69) is 4.98 Å². The van der Waals surface area contributed by atoms with Crippen molar-refractivity contribution in [3.8, 4) is 22.8 Å². The minimum absolute atomic E-state index is 0.0371. The van der Waals surface area contributed by atoms with Crippen LogP contribution in [0.3, 0.4) is 0 Å². The number of pyridine rings is 1. The summed E-state index contributed by atoms with van der Waals surface area (Å²) in [5.74, 6) is -0.417. The Hall–Kier alpha value is -3.74. The van der Waals surface area contributed by atoms with E-state index in [1.807, 2.05) is 24.3 Å². The largest absolute Gasteiger partial charge is 0.485 e. The Kier molecular flexibility index (Phi) is 6.48. The number of aryl methyl sites for hydroxylation is 1. The monoisotopic (exact) mass is 489 g/mol. The fraction of sp³-hybridized carbons (Fsp3) is 0.345. The third kappa shape index (κ3) is 4.57. The smallest absolute Gasteiger partial charge is 0.306 e. The Balaban J connectivity index is 1.44. The number of ether oxygens (including phenoxy) is 2. The van der Waals surface area contributed by atoms with Gasteiger partial charge in [-0.3, -0.25) is 9.59 Å². The third-order valence-electron chi connectivity index (χ3n) is 7.38. The molecule has 5 rings (SSSR count). The van der Waals surface area contributed by atoms with E-state index in [0.29, 0.717) is 23.3 Å². The van der Waals surface area contributed by atoms with E-state index in [1.165, 1.54) is 13.2 Å². The van der Waals surface area contributed by atoms with Crippen LogP contribution >= 0.6 is 0 Å². The van der Waals surface area contributed by atoms with Crippen molar-refractivity contribution >= 4 is 12.3 Å². The van der Waals surface area contributed by atoms with E-state index in [9.17, 15) is 19.1 Å². The quantitative estimate of drug-likeness (QED) is 0.391. The van der Waals surface area contributed by atoms with Crippen LogP contribution in [0.1, 0.15) is 65.3 Å². The maximum atomic E-state index is 14.5. The van der Waals surface area contributed by atoms with Crippen molar-refractivity contribution in [2.75, 3.05) is 7.11 Å². The van der Waals surface area contributed by atoms with Gasteiger partial charge in [-0.15, -0.1) is 0 Å². The van der Waals surface area contributed by atoms with Crippen LogP contribution in [0.2, 0.25) is 0 Å². The molecule has 2 aliphatic rings. The third-order valence-corrected chi connectivity index (χ3v) is 7.38. The van der Waals surface area contributed by atoms with E-state index >= 15 is 0 Å². The summed E-state index contributed by atoms with van der Waals surface area (Å²) in [5.41, 5.74) is 3.97. The molecular weight excluding hydrogens is 461 g/mol. The van der Waals surface area contributed by atoms with Crippen molar-refractivity contribution in [3.05, 3.63) is 76.7 Å². The number of fused-ring (bicyclic) bond motifs is 1. The van der Waals surface area contributed by atoms with Crippen LogP contribution in [-0.2, 0) is 11.2 Å². The molecule has 2 aromatic carbocycles. The second-order valence-corrected chi connectivity index (χ2v) is 9.67. The second kappa shape index (κ2) is 9.72. The van der Waals surface area contributed by atoms with Crippen LogP contribution in [0.25, 0.3) is 11.1 Å². The molecule has 1 saturated carbocycles. The lowest BCUT2D eigenvalue weighted by Crippen LogP contribution is -2.21. The molecule has 1 aliphatic heterocycles. The van der Waals surface area contributed by atoms with Crippen LogP contribution in [0.15, 0.2) is 48.7 Å². The Bertz CT molecular complexity index is 1320. The molecule has 1 aliphatic carbocycles. The molecule has 1 aromatic heterocycles. The van der Waals surface area contributed by atoms with E-state index in [1.54, 1.807) is 19.1 Å². The van der Waals surface area contributed by atoms with Crippen molar-refractivity contribution in [2.45, 2.75) is 44.6 Å². The first kappa shape index (κ1) is 24.0. The number of carboxylic acids is 1. The molecule has 0 spiro atoms. The van der Waals surface area contributed by atoms with Gasteiger partial charge in [0.15, 0.2) is 6.29 Å². The van der Waals surface area contributed by atoms with E-state index in [4.69, 9.17) is 9.47 Å². The summed E-state index contributed by atoms with van der Waals surface area (Å²) in [7, 11) is 1.45. The summed E-state index contributed by atoms with van der Waals surface area (Å²) in [6, 6.07) is 12.9. The van der Waals surface area contributed by atoms with Gasteiger partial charge in [0.1, 0.15) is 17.7 Å². The summed E-state index contributed by atoms with van der Waals surface area (Å²) in [5, 5.41) is 9.63. The number of benzene rings is 2. The molecule has 0 saturated heterocycles. The molecule has 0 amide bonds. The van der Waals surface area contributed by atoms with Gasteiger partial charge in [-0.05, 0) is 71.9 Å². The number of carboxylic acid groups (broad SMARTS) is 1. The minimum atomic E-state index is -0.784. The highest BCUT2D eigenvalue weighted by Crippen LogP contribution is 2.48. The SMILES string of the molecule is COc1cc(-c2ccc([C@@H]3CCc4ccc([C@H](C5CC5)[C@H](C)C(=O)O)cc4O3)cc2C=O)c(F)cn1. The van der Waals surface area contributed by atoms with Gasteiger partial charge in [0, 0.05) is 17.2 Å². The van der Waals surface area contributed by atoms with Gasteiger partial charge in [0.25, 0.3) is 0 Å². The molecule has 1 fully saturated rings. The van der Waals surface area contributed by atoms with Crippen LogP contribution < -0.4 is 9.47 Å². The number of nitrogens with zero attached hydrogens (tertiary/aromatic N) is 1. The molecule has 36 heavy (non-hydrogen) atoms. The van der Waals surface area contributed by atoms with Gasteiger partial charge in [-0.2, -0.15) is 0 Å². The zero-order valence-electron chi connectivity index (χ0n) is 20.2. The van der Waals surface area contributed by atoms with Crippen LogP contribution in [0.5, 0.6) is 11.6 Å². The molecule has 7 heteroatoms. The summed E-state index contributed by atoms with van der Waals surface area (Å²) in [4.78, 5) is 27.5. The van der Waals surface area contributed by atoms with E-state index in [-0.39, 0.29) is 23.5 Å². The van der Waals surface area contributed by atoms with Crippen LogP contribution in [0.4, 0.5) is 4.39 Å². The number of aldehydes is 1. The van der Waals surface area contributed by atoms with Crippen LogP contribution in [-0.4, -0.2) is 29.5 Å². The molecule has 3 atom stereocenters. The molecule has 0 unspecified atom stereocenters. The number of methoxy groups -OCH3 is 1. The number of aromatic nitrogens is 1. The lowest BCUT2D eigenvalue weighted by Gasteiger charge is -2.29.